The molecule has 4 N–H and O–H groups in total. The molecule has 1 atom stereocenters. The van der Waals surface area contributed by atoms with E-state index in [4.69, 9.17) is 5.73 Å². The molecule has 0 saturated carbocycles. The summed E-state index contributed by atoms with van der Waals surface area (Å²) in [5.74, 6) is 0. The number of nitrogens with two attached hydrogens (primary N) is 1. The van der Waals surface area contributed by atoms with Crippen LogP contribution in [0.15, 0.2) is 18.5 Å². The summed E-state index contributed by atoms with van der Waals surface area (Å²) in [6, 6.07) is 1.57. The van der Waals surface area contributed by atoms with Gasteiger partial charge in [-0.1, -0.05) is 0 Å². The molecule has 0 radical (unpaired) electrons. The Balaban J connectivity index is 2.28. The van der Waals surface area contributed by atoms with Crippen molar-refractivity contribution < 1.29 is 9.90 Å². The minimum Gasteiger partial charge on any atom is -0.465 e. The first kappa shape index (κ1) is 11.7. The molecular formula is C11H16N4O2. The molecule has 6 nitrogen and oxygen atoms in total. The number of pyridine rings is 1. The van der Waals surface area contributed by atoms with Crippen LogP contribution >= 0.6 is 0 Å². The average Bonchev–Trinajstić information content (AvgIpc) is 2.33. The molecule has 0 spiro atoms. The molecule has 0 aliphatic carbocycles. The van der Waals surface area contributed by atoms with Crippen LogP contribution in [0.4, 0.5) is 16.2 Å². The highest BCUT2D eigenvalue weighted by molar-refractivity contribution is 5.90. The molecule has 0 aromatic carbocycles. The van der Waals surface area contributed by atoms with Gasteiger partial charge in [0, 0.05) is 12.7 Å². The van der Waals surface area contributed by atoms with Crippen LogP contribution in [-0.2, 0) is 0 Å². The van der Waals surface area contributed by atoms with Crippen molar-refractivity contribution in [3.05, 3.63) is 18.5 Å². The summed E-state index contributed by atoms with van der Waals surface area (Å²) in [7, 11) is 0. The van der Waals surface area contributed by atoms with Crippen LogP contribution in [-0.4, -0.2) is 35.3 Å². The highest BCUT2D eigenvalue weighted by atomic mass is 16.4. The fraction of sp³-hybridized carbons (Fsp3) is 0.455. The van der Waals surface area contributed by atoms with Crippen LogP contribution in [0.3, 0.4) is 0 Å². The summed E-state index contributed by atoms with van der Waals surface area (Å²) in [4.78, 5) is 16.6. The SMILES string of the molecule is Nc1cnccc1N(C(=O)O)C1CCCNC1. The molecule has 17 heavy (non-hydrogen) atoms. The van der Waals surface area contributed by atoms with E-state index in [1.54, 1.807) is 12.3 Å². The lowest BCUT2D eigenvalue weighted by Crippen LogP contribution is -2.48. The summed E-state index contributed by atoms with van der Waals surface area (Å²) in [6.45, 7) is 1.60. The van der Waals surface area contributed by atoms with Gasteiger partial charge in [-0.05, 0) is 25.5 Å². The lowest BCUT2D eigenvalue weighted by Gasteiger charge is -2.33. The molecule has 2 rings (SSSR count). The van der Waals surface area contributed by atoms with Gasteiger partial charge in [0.05, 0.1) is 23.6 Å². The Morgan fingerprint density at radius 1 is 1.65 bits per heavy atom. The Labute approximate surface area is 99.4 Å². The number of hydrogen-bond donors (Lipinski definition) is 3. The summed E-state index contributed by atoms with van der Waals surface area (Å²) in [5, 5.41) is 12.5. The van der Waals surface area contributed by atoms with Gasteiger partial charge in [0.2, 0.25) is 0 Å². The molecule has 1 amide bonds. The Morgan fingerprint density at radius 2 is 2.47 bits per heavy atom. The number of carboxylic acid groups (broad SMARTS) is 1. The van der Waals surface area contributed by atoms with Crippen LogP contribution < -0.4 is 16.0 Å². The zero-order valence-electron chi connectivity index (χ0n) is 9.47. The Morgan fingerprint density at radius 3 is 3.06 bits per heavy atom. The van der Waals surface area contributed by atoms with Crippen molar-refractivity contribution >= 4 is 17.5 Å². The van der Waals surface area contributed by atoms with E-state index < -0.39 is 6.09 Å². The highest BCUT2D eigenvalue weighted by Crippen LogP contribution is 2.25. The number of nitrogens with one attached hydrogen (secondary N) is 1. The predicted octanol–water partition coefficient (Wildman–Crippen LogP) is 0.900. The molecule has 92 valence electrons. The lowest BCUT2D eigenvalue weighted by molar-refractivity contribution is 0.197. The maximum atomic E-state index is 11.4. The van der Waals surface area contributed by atoms with Gasteiger partial charge in [0.1, 0.15) is 0 Å². The fourth-order valence-electron chi connectivity index (χ4n) is 2.13. The first-order valence-corrected chi connectivity index (χ1v) is 5.62. The Bertz CT molecular complexity index is 404. The number of amides is 1. The van der Waals surface area contributed by atoms with Crippen LogP contribution in [0.2, 0.25) is 0 Å². The molecule has 0 bridgehead atoms. The number of nitrogen functional groups attached to an aromatic ring is 1. The van der Waals surface area contributed by atoms with Gasteiger partial charge in [-0.15, -0.1) is 0 Å². The molecule has 6 heteroatoms. The monoisotopic (exact) mass is 236 g/mol. The largest absolute Gasteiger partial charge is 0.465 e. The van der Waals surface area contributed by atoms with Crippen LogP contribution in [0.25, 0.3) is 0 Å². The van der Waals surface area contributed by atoms with Gasteiger partial charge >= 0.3 is 6.09 Å². The normalized spacial score (nSPS) is 19.9. The minimum absolute atomic E-state index is 0.0639. The van der Waals surface area contributed by atoms with Gasteiger partial charge in [-0.3, -0.25) is 9.88 Å². The van der Waals surface area contributed by atoms with Gasteiger partial charge in [0.25, 0.3) is 0 Å². The zero-order chi connectivity index (χ0) is 12.3. The van der Waals surface area contributed by atoms with E-state index in [9.17, 15) is 9.90 Å². The van der Waals surface area contributed by atoms with Gasteiger partial charge in [-0.2, -0.15) is 0 Å². The van der Waals surface area contributed by atoms with Crippen molar-refractivity contribution in [3.8, 4) is 0 Å². The Kier molecular flexibility index (Phi) is 3.43. The molecule has 1 fully saturated rings. The topological polar surface area (TPSA) is 91.5 Å². The number of hydrogen-bond acceptors (Lipinski definition) is 4. The van der Waals surface area contributed by atoms with E-state index in [0.29, 0.717) is 17.9 Å². The molecule has 1 aromatic heterocycles. The highest BCUT2D eigenvalue weighted by Gasteiger charge is 2.27. The fourth-order valence-corrected chi connectivity index (χ4v) is 2.13. The van der Waals surface area contributed by atoms with E-state index in [-0.39, 0.29) is 6.04 Å². The third kappa shape index (κ3) is 2.47. The number of anilines is 2. The predicted molar refractivity (Wildman–Crippen MR) is 65.0 cm³/mol. The smallest absolute Gasteiger partial charge is 0.412 e. The van der Waals surface area contributed by atoms with Gasteiger partial charge in [0.15, 0.2) is 0 Å². The van der Waals surface area contributed by atoms with Crippen molar-refractivity contribution in [2.75, 3.05) is 23.7 Å². The van der Waals surface area contributed by atoms with E-state index >= 15 is 0 Å². The number of carbonyl (C=O) groups is 1. The van der Waals surface area contributed by atoms with Gasteiger partial charge < -0.3 is 16.2 Å². The molecule has 1 aliphatic rings. The summed E-state index contributed by atoms with van der Waals surface area (Å²) < 4.78 is 0. The number of nitrogens with zero attached hydrogens (tertiary/aromatic N) is 2. The first-order valence-electron chi connectivity index (χ1n) is 5.62. The zero-order valence-corrected chi connectivity index (χ0v) is 9.47. The molecule has 1 unspecified atom stereocenters. The molecular weight excluding hydrogens is 220 g/mol. The quantitative estimate of drug-likeness (QED) is 0.709. The second kappa shape index (κ2) is 5.01. The van der Waals surface area contributed by atoms with Crippen molar-refractivity contribution in [2.45, 2.75) is 18.9 Å². The van der Waals surface area contributed by atoms with E-state index in [1.807, 2.05) is 0 Å². The van der Waals surface area contributed by atoms with Crippen LogP contribution in [0.5, 0.6) is 0 Å². The molecule has 1 aromatic rings. The number of piperidine rings is 1. The lowest BCUT2D eigenvalue weighted by atomic mass is 10.1. The van der Waals surface area contributed by atoms with Gasteiger partial charge in [-0.25, -0.2) is 4.79 Å². The van der Waals surface area contributed by atoms with E-state index in [1.165, 1.54) is 11.1 Å². The first-order chi connectivity index (χ1) is 8.20. The van der Waals surface area contributed by atoms with Crippen LogP contribution in [0.1, 0.15) is 12.8 Å². The molecule has 1 saturated heterocycles. The van der Waals surface area contributed by atoms with Crippen molar-refractivity contribution in [1.29, 1.82) is 0 Å². The number of rotatable bonds is 2. The number of aromatic nitrogens is 1. The second-order valence-corrected chi connectivity index (χ2v) is 4.09. The third-order valence-electron chi connectivity index (χ3n) is 2.93. The third-order valence-corrected chi connectivity index (χ3v) is 2.93. The maximum absolute atomic E-state index is 11.4. The second-order valence-electron chi connectivity index (χ2n) is 4.09. The molecule has 2 heterocycles. The standard InChI is InChI=1S/C11H16N4O2/c12-9-7-14-5-3-10(9)15(11(16)17)8-2-1-4-13-6-8/h3,5,7-8,13H,1-2,4,6,12H2,(H,16,17). The maximum Gasteiger partial charge on any atom is 0.412 e. The molecule has 1 aliphatic heterocycles. The van der Waals surface area contributed by atoms with Crippen molar-refractivity contribution in [2.24, 2.45) is 0 Å². The minimum atomic E-state index is -0.975. The van der Waals surface area contributed by atoms with E-state index in [0.717, 1.165) is 19.4 Å². The summed E-state index contributed by atoms with van der Waals surface area (Å²) in [6.07, 6.45) is 3.87. The summed E-state index contributed by atoms with van der Waals surface area (Å²) >= 11 is 0. The average molecular weight is 236 g/mol. The van der Waals surface area contributed by atoms with Crippen molar-refractivity contribution in [3.63, 3.8) is 0 Å². The van der Waals surface area contributed by atoms with E-state index in [2.05, 4.69) is 10.3 Å². The van der Waals surface area contributed by atoms with Crippen molar-refractivity contribution in [1.82, 2.24) is 10.3 Å². The Hall–Kier alpha value is -1.82. The summed E-state index contributed by atoms with van der Waals surface area (Å²) in [5.41, 5.74) is 6.68. The van der Waals surface area contributed by atoms with Crippen LogP contribution in [0, 0.1) is 0 Å².